The highest BCUT2D eigenvalue weighted by Gasteiger charge is 2.28. The molecule has 1 fully saturated rings. The largest absolute Gasteiger partial charge is 0.401 e. The molecule has 0 unspecified atom stereocenters. The number of nitrogens with zero attached hydrogens (tertiary/aromatic N) is 2. The van der Waals surface area contributed by atoms with Gasteiger partial charge >= 0.3 is 0 Å². The number of aliphatic hydroxyl groups is 1. The van der Waals surface area contributed by atoms with Crippen LogP contribution in [-0.4, -0.2) is 72.2 Å². The highest BCUT2D eigenvalue weighted by atomic mass is 19.1. The molecule has 36 heavy (non-hydrogen) atoms. The van der Waals surface area contributed by atoms with Gasteiger partial charge in [0.2, 0.25) is 0 Å². The number of alkyl halides is 1. The summed E-state index contributed by atoms with van der Waals surface area (Å²) in [4.78, 5) is 13.7. The van der Waals surface area contributed by atoms with Crippen LogP contribution in [0.15, 0.2) is 54.6 Å². The molecule has 2 heterocycles. The van der Waals surface area contributed by atoms with Crippen LogP contribution in [0.1, 0.15) is 55.1 Å². The third-order valence-corrected chi connectivity index (χ3v) is 6.73. The average molecular weight is 503 g/mol. The van der Waals surface area contributed by atoms with Crippen molar-refractivity contribution in [2.45, 2.75) is 63.7 Å². The van der Waals surface area contributed by atoms with Gasteiger partial charge in [-0.3, -0.25) is 4.79 Å². The van der Waals surface area contributed by atoms with Gasteiger partial charge < -0.3 is 35.1 Å². The number of hydrogen-bond donors (Lipinski definition) is 3. The minimum Gasteiger partial charge on any atom is -0.401 e. The third kappa shape index (κ3) is 7.39. The first-order valence-corrected chi connectivity index (χ1v) is 12.3. The highest BCUT2D eigenvalue weighted by molar-refractivity contribution is 5.93. The van der Waals surface area contributed by atoms with Crippen molar-refractivity contribution >= 4 is 5.78 Å². The molecular weight excluding hydrogens is 463 g/mol. The Morgan fingerprint density at radius 2 is 2.08 bits per heavy atom. The molecule has 3 rings (SSSR count). The van der Waals surface area contributed by atoms with Crippen LogP contribution in [0.25, 0.3) is 5.69 Å². The van der Waals surface area contributed by atoms with Crippen LogP contribution in [0.5, 0.6) is 0 Å². The zero-order valence-corrected chi connectivity index (χ0v) is 21.6. The van der Waals surface area contributed by atoms with Crippen LogP contribution in [0, 0.1) is 0 Å². The molecule has 2 aromatic rings. The first kappa shape index (κ1) is 27.9. The first-order valence-electron chi connectivity index (χ1n) is 12.3. The average Bonchev–Trinajstić information content (AvgIpc) is 3.35. The van der Waals surface area contributed by atoms with Crippen molar-refractivity contribution in [3.05, 3.63) is 65.7 Å². The van der Waals surface area contributed by atoms with Crippen molar-refractivity contribution < 1.29 is 23.8 Å². The number of nitrogens with one attached hydrogen (secondary N) is 1. The maximum absolute atomic E-state index is 14.0. The zero-order chi connectivity index (χ0) is 26.2. The molecule has 1 saturated heterocycles. The van der Waals surface area contributed by atoms with E-state index in [-0.39, 0.29) is 17.9 Å². The summed E-state index contributed by atoms with van der Waals surface area (Å²) in [5.74, 6) is 0.0117. The Balaban J connectivity index is 1.57. The number of benzene rings is 1. The lowest BCUT2D eigenvalue weighted by molar-refractivity contribution is -0.173. The van der Waals surface area contributed by atoms with Gasteiger partial charge in [0.1, 0.15) is 12.8 Å². The van der Waals surface area contributed by atoms with Crippen LogP contribution in [-0.2, 0) is 9.47 Å². The number of ketones is 1. The SMILES string of the molecule is CO[C@H](c1ccc(-n2ccc(C(C)=O)c2)cc1)[C@@H](CF)N/C=C(\N)CCN(C)[C@H]1C[C@@H](C)O[C@@H](O)C1. The van der Waals surface area contributed by atoms with E-state index in [1.54, 1.807) is 25.6 Å². The van der Waals surface area contributed by atoms with Gasteiger partial charge in [0.05, 0.1) is 12.1 Å². The zero-order valence-electron chi connectivity index (χ0n) is 21.6. The summed E-state index contributed by atoms with van der Waals surface area (Å²) in [6, 6.07) is 9.01. The Morgan fingerprint density at radius 3 is 2.67 bits per heavy atom. The Kier molecular flexibility index (Phi) is 10.1. The van der Waals surface area contributed by atoms with E-state index in [0.717, 1.165) is 17.7 Å². The van der Waals surface area contributed by atoms with Crippen LogP contribution in [0.4, 0.5) is 4.39 Å². The van der Waals surface area contributed by atoms with Crippen molar-refractivity contribution in [1.29, 1.82) is 0 Å². The van der Waals surface area contributed by atoms with Gasteiger partial charge in [0, 0.05) is 68.1 Å². The minimum atomic E-state index is -0.734. The molecule has 8 nitrogen and oxygen atoms in total. The quantitative estimate of drug-likeness (QED) is 0.383. The van der Waals surface area contributed by atoms with E-state index in [1.165, 1.54) is 6.92 Å². The molecule has 0 spiro atoms. The lowest BCUT2D eigenvalue weighted by Crippen LogP contribution is -2.43. The second-order valence-electron chi connectivity index (χ2n) is 9.52. The highest BCUT2D eigenvalue weighted by Crippen LogP contribution is 2.24. The van der Waals surface area contributed by atoms with E-state index in [1.807, 2.05) is 49.0 Å². The molecule has 1 aromatic carbocycles. The van der Waals surface area contributed by atoms with E-state index < -0.39 is 25.1 Å². The predicted molar refractivity (Wildman–Crippen MR) is 138 cm³/mol. The first-order chi connectivity index (χ1) is 17.2. The minimum absolute atomic E-state index is 0.0117. The summed E-state index contributed by atoms with van der Waals surface area (Å²) in [5.41, 5.74) is 9.18. The molecule has 1 aromatic heterocycles. The molecule has 0 saturated carbocycles. The summed E-state index contributed by atoms with van der Waals surface area (Å²) in [6.07, 6.45) is 6.08. The molecule has 0 aliphatic carbocycles. The summed E-state index contributed by atoms with van der Waals surface area (Å²) < 4.78 is 26.9. The van der Waals surface area contributed by atoms with Crippen molar-refractivity contribution in [1.82, 2.24) is 14.8 Å². The number of halogens is 1. The van der Waals surface area contributed by atoms with Crippen molar-refractivity contribution in [3.63, 3.8) is 0 Å². The van der Waals surface area contributed by atoms with Gasteiger partial charge in [0.25, 0.3) is 0 Å². The van der Waals surface area contributed by atoms with Gasteiger partial charge in [-0.15, -0.1) is 0 Å². The summed E-state index contributed by atoms with van der Waals surface area (Å²) >= 11 is 0. The molecular formula is C27H39FN4O4. The number of carbonyl (C=O) groups excluding carboxylic acids is 1. The number of ether oxygens (including phenoxy) is 2. The molecule has 4 N–H and O–H groups in total. The van der Waals surface area contributed by atoms with Crippen LogP contribution in [0.3, 0.4) is 0 Å². The van der Waals surface area contributed by atoms with Crippen LogP contribution >= 0.6 is 0 Å². The normalized spacial score (nSPS) is 22.4. The van der Waals surface area contributed by atoms with Gasteiger partial charge in [-0.1, -0.05) is 12.1 Å². The Hall–Kier alpha value is -2.72. The smallest absolute Gasteiger partial charge is 0.161 e. The number of aromatic nitrogens is 1. The number of aliphatic hydroxyl groups excluding tert-OH is 1. The maximum atomic E-state index is 14.0. The lowest BCUT2D eigenvalue weighted by atomic mass is 10.0. The van der Waals surface area contributed by atoms with Crippen molar-refractivity contribution in [2.24, 2.45) is 5.73 Å². The van der Waals surface area contributed by atoms with Crippen LogP contribution in [0.2, 0.25) is 0 Å². The number of methoxy groups -OCH3 is 1. The van der Waals surface area contributed by atoms with E-state index in [0.29, 0.717) is 30.6 Å². The molecule has 1 aliphatic rings. The second-order valence-corrected chi connectivity index (χ2v) is 9.52. The van der Waals surface area contributed by atoms with Gasteiger partial charge in [-0.25, -0.2) is 4.39 Å². The van der Waals surface area contributed by atoms with E-state index >= 15 is 0 Å². The molecule has 9 heteroatoms. The van der Waals surface area contributed by atoms with E-state index in [9.17, 15) is 14.3 Å². The maximum Gasteiger partial charge on any atom is 0.161 e. The number of hydrogen-bond acceptors (Lipinski definition) is 7. The Labute approximate surface area is 212 Å². The van der Waals surface area contributed by atoms with E-state index in [4.69, 9.17) is 15.2 Å². The number of carbonyl (C=O) groups is 1. The van der Waals surface area contributed by atoms with Crippen LogP contribution < -0.4 is 11.1 Å². The Bertz CT molecular complexity index is 999. The van der Waals surface area contributed by atoms with Gasteiger partial charge in [-0.05, 0) is 51.1 Å². The van der Waals surface area contributed by atoms with Crippen molar-refractivity contribution in [3.8, 4) is 5.69 Å². The fourth-order valence-electron chi connectivity index (χ4n) is 4.57. The van der Waals surface area contributed by atoms with Gasteiger partial charge in [0.15, 0.2) is 12.1 Å². The van der Waals surface area contributed by atoms with E-state index in [2.05, 4.69) is 10.2 Å². The molecule has 0 bridgehead atoms. The summed E-state index contributed by atoms with van der Waals surface area (Å²) in [6.45, 7) is 3.58. The summed E-state index contributed by atoms with van der Waals surface area (Å²) in [7, 11) is 3.57. The fourth-order valence-corrected chi connectivity index (χ4v) is 4.57. The standard InChI is InChI=1S/C27H39FN4O4/c1-18-13-24(14-26(34)36-18)31(3)11-10-22(29)16-30-25(15-28)27(35-4)20-5-7-23(8-6-20)32-12-9-21(17-32)19(2)33/h5-9,12,16-18,24-27,30,34H,10-11,13-15,29H2,1-4H3/b22-16-/t18-,24+,25-,26-,27-/m1/s1. The monoisotopic (exact) mass is 502 g/mol. The summed E-state index contributed by atoms with van der Waals surface area (Å²) in [5, 5.41) is 12.9. The molecule has 0 radical (unpaired) electrons. The fraction of sp³-hybridized carbons (Fsp3) is 0.519. The number of Topliss-reactive ketones (excluding diaryl/α,β-unsaturated/α-hetero) is 1. The lowest BCUT2D eigenvalue weighted by Gasteiger charge is -2.36. The predicted octanol–water partition coefficient (Wildman–Crippen LogP) is 3.30. The number of nitrogens with two attached hydrogens (primary N) is 1. The topological polar surface area (TPSA) is 102 Å². The Morgan fingerprint density at radius 1 is 1.36 bits per heavy atom. The molecule has 1 aliphatic heterocycles. The number of rotatable bonds is 12. The second kappa shape index (κ2) is 13.0. The molecule has 5 atom stereocenters. The van der Waals surface area contributed by atoms with Gasteiger partial charge in [-0.2, -0.15) is 0 Å². The van der Waals surface area contributed by atoms with Crippen molar-refractivity contribution in [2.75, 3.05) is 27.4 Å². The third-order valence-electron chi connectivity index (χ3n) is 6.73. The molecule has 198 valence electrons. The molecule has 0 amide bonds.